The topological polar surface area (TPSA) is 86.7 Å². The highest BCUT2D eigenvalue weighted by atomic mass is 32.1. The van der Waals surface area contributed by atoms with Gasteiger partial charge < -0.3 is 24.8 Å². The zero-order valence-corrected chi connectivity index (χ0v) is 28.4. The molecule has 2 aliphatic heterocycles. The van der Waals surface area contributed by atoms with Crippen molar-refractivity contribution in [2.24, 2.45) is 11.3 Å². The Morgan fingerprint density at radius 2 is 1.83 bits per heavy atom. The van der Waals surface area contributed by atoms with Gasteiger partial charge in [-0.3, -0.25) is 4.79 Å². The SMILES string of the molecule is CC(C)N(C(=O)c1cc(F)ccc1Oc1cncnc1N1CCC(CN2CCC3(CCC(Nc4nccs4)CC3)CC2)C1)C(C)C. The van der Waals surface area contributed by atoms with Gasteiger partial charge >= 0.3 is 0 Å². The van der Waals surface area contributed by atoms with E-state index in [4.69, 9.17) is 4.74 Å². The third kappa shape index (κ3) is 7.46. The van der Waals surface area contributed by atoms with Crippen LogP contribution in [0.4, 0.5) is 15.3 Å². The standard InChI is InChI=1S/C35H48FN7O2S/c1-24(2)43(25(3)4)33(44)29-19-27(36)5-6-30(29)45-31-20-37-23-39-32(31)42-15-9-26(22-42)21-41-16-12-35(13-17-41)10-7-28(8-11-35)40-34-38-14-18-46-34/h5-6,14,18-20,23-26,28H,7-13,15-17,21-22H2,1-4H3,(H,38,40). The van der Waals surface area contributed by atoms with E-state index in [0.29, 0.717) is 34.7 Å². The summed E-state index contributed by atoms with van der Waals surface area (Å²) < 4.78 is 20.7. The van der Waals surface area contributed by atoms with Crippen LogP contribution in [0.3, 0.4) is 0 Å². The van der Waals surface area contributed by atoms with E-state index in [0.717, 1.165) is 31.2 Å². The van der Waals surface area contributed by atoms with Crippen LogP contribution in [0.2, 0.25) is 0 Å². The van der Waals surface area contributed by atoms with E-state index >= 15 is 0 Å². The number of hydrogen-bond donors (Lipinski definition) is 1. The van der Waals surface area contributed by atoms with Crippen molar-refractivity contribution in [1.82, 2.24) is 24.8 Å². The summed E-state index contributed by atoms with van der Waals surface area (Å²) in [6, 6.07) is 4.58. The van der Waals surface area contributed by atoms with Crippen LogP contribution >= 0.6 is 11.3 Å². The summed E-state index contributed by atoms with van der Waals surface area (Å²) in [6.45, 7) is 13.1. The van der Waals surface area contributed by atoms with Gasteiger partial charge in [-0.25, -0.2) is 19.3 Å². The Bertz CT molecular complexity index is 1440. The highest BCUT2D eigenvalue weighted by Gasteiger charge is 2.39. The smallest absolute Gasteiger partial charge is 0.258 e. The molecule has 9 nitrogen and oxygen atoms in total. The summed E-state index contributed by atoms with van der Waals surface area (Å²) in [5.74, 6) is 1.30. The third-order valence-corrected chi connectivity index (χ3v) is 10.9. The van der Waals surface area contributed by atoms with E-state index in [1.165, 1.54) is 76.1 Å². The number of amides is 1. The summed E-state index contributed by atoms with van der Waals surface area (Å²) in [4.78, 5) is 33.5. The normalized spacial score (nSPS) is 20.5. The maximum Gasteiger partial charge on any atom is 0.258 e. The van der Waals surface area contributed by atoms with Gasteiger partial charge in [0.05, 0.1) is 11.8 Å². The first-order valence-electron chi connectivity index (χ1n) is 16.9. The van der Waals surface area contributed by atoms with Gasteiger partial charge in [-0.15, -0.1) is 11.3 Å². The number of nitrogens with zero attached hydrogens (tertiary/aromatic N) is 6. The molecule has 3 aromatic rings. The number of likely N-dealkylation sites (tertiary alicyclic amines) is 1. The first-order chi connectivity index (χ1) is 22.2. The molecule has 2 saturated heterocycles. The molecule has 3 fully saturated rings. The number of benzene rings is 1. The fraction of sp³-hybridized carbons (Fsp3) is 0.600. The molecule has 0 radical (unpaired) electrons. The van der Waals surface area contributed by atoms with Crippen LogP contribution in [0.25, 0.3) is 0 Å². The molecule has 248 valence electrons. The van der Waals surface area contributed by atoms with Gasteiger partial charge in [0.1, 0.15) is 17.9 Å². The maximum absolute atomic E-state index is 14.4. The number of piperidine rings is 1. The Morgan fingerprint density at radius 1 is 1.07 bits per heavy atom. The molecule has 3 aliphatic rings. The van der Waals surface area contributed by atoms with E-state index in [2.05, 4.69) is 30.1 Å². The fourth-order valence-electron chi connectivity index (χ4n) is 7.79. The number of ether oxygens (including phenoxy) is 1. The van der Waals surface area contributed by atoms with Crippen LogP contribution in [0.1, 0.15) is 83.0 Å². The average Bonchev–Trinajstić information content (AvgIpc) is 3.73. The van der Waals surface area contributed by atoms with Gasteiger partial charge in [0.15, 0.2) is 16.7 Å². The predicted octanol–water partition coefficient (Wildman–Crippen LogP) is 7.09. The van der Waals surface area contributed by atoms with Crippen LogP contribution in [0.5, 0.6) is 11.5 Å². The predicted molar refractivity (Wildman–Crippen MR) is 181 cm³/mol. The van der Waals surface area contributed by atoms with Crippen molar-refractivity contribution in [3.63, 3.8) is 0 Å². The van der Waals surface area contributed by atoms with Gasteiger partial charge in [0, 0.05) is 49.3 Å². The Hall–Kier alpha value is -3.31. The van der Waals surface area contributed by atoms with Crippen molar-refractivity contribution >= 4 is 28.2 Å². The maximum atomic E-state index is 14.4. The Labute approximate surface area is 276 Å². The van der Waals surface area contributed by atoms with Crippen LogP contribution in [0.15, 0.2) is 42.3 Å². The minimum Gasteiger partial charge on any atom is -0.451 e. The van der Waals surface area contributed by atoms with Crippen molar-refractivity contribution in [3.05, 3.63) is 53.7 Å². The van der Waals surface area contributed by atoms with E-state index in [9.17, 15) is 9.18 Å². The number of anilines is 2. The minimum atomic E-state index is -0.477. The number of halogens is 1. The molecule has 2 aromatic heterocycles. The summed E-state index contributed by atoms with van der Waals surface area (Å²) in [6.07, 6.45) is 13.8. The molecule has 1 aromatic carbocycles. The van der Waals surface area contributed by atoms with Crippen molar-refractivity contribution in [1.29, 1.82) is 0 Å². The van der Waals surface area contributed by atoms with Gasteiger partial charge in [0.25, 0.3) is 5.91 Å². The van der Waals surface area contributed by atoms with E-state index < -0.39 is 5.82 Å². The molecule has 1 amide bonds. The molecule has 6 rings (SSSR count). The first kappa shape index (κ1) is 32.6. The van der Waals surface area contributed by atoms with Crippen LogP contribution < -0.4 is 15.0 Å². The molecular formula is C35H48FN7O2S. The zero-order valence-electron chi connectivity index (χ0n) is 27.6. The van der Waals surface area contributed by atoms with Gasteiger partial charge in [-0.05, 0) is 115 Å². The molecular weight excluding hydrogens is 601 g/mol. The molecule has 1 saturated carbocycles. The molecule has 1 N–H and O–H groups in total. The highest BCUT2D eigenvalue weighted by molar-refractivity contribution is 7.13. The Morgan fingerprint density at radius 3 is 2.52 bits per heavy atom. The van der Waals surface area contributed by atoms with Gasteiger partial charge in [0.2, 0.25) is 0 Å². The molecule has 1 unspecified atom stereocenters. The molecule has 1 aliphatic carbocycles. The average molecular weight is 650 g/mol. The lowest BCUT2D eigenvalue weighted by Crippen LogP contribution is -2.45. The van der Waals surface area contributed by atoms with Crippen molar-refractivity contribution in [2.75, 3.05) is 42.9 Å². The van der Waals surface area contributed by atoms with Crippen LogP contribution in [-0.2, 0) is 0 Å². The van der Waals surface area contributed by atoms with E-state index in [1.807, 2.05) is 39.3 Å². The summed E-state index contributed by atoms with van der Waals surface area (Å²) >= 11 is 1.69. The summed E-state index contributed by atoms with van der Waals surface area (Å²) in [5, 5.41) is 6.73. The quantitative estimate of drug-likeness (QED) is 0.249. The molecule has 46 heavy (non-hydrogen) atoms. The second kappa shape index (κ2) is 14.2. The summed E-state index contributed by atoms with van der Waals surface area (Å²) in [7, 11) is 0. The highest BCUT2D eigenvalue weighted by Crippen LogP contribution is 2.45. The Kier molecular flexibility index (Phi) is 10.1. The van der Waals surface area contributed by atoms with Crippen molar-refractivity contribution in [2.45, 2.75) is 90.8 Å². The van der Waals surface area contributed by atoms with Crippen molar-refractivity contribution < 1.29 is 13.9 Å². The second-order valence-electron chi connectivity index (χ2n) is 14.0. The largest absolute Gasteiger partial charge is 0.451 e. The Balaban J connectivity index is 1.05. The monoisotopic (exact) mass is 649 g/mol. The second-order valence-corrected chi connectivity index (χ2v) is 14.9. The number of nitrogens with one attached hydrogen (secondary N) is 1. The summed E-state index contributed by atoms with van der Waals surface area (Å²) in [5.41, 5.74) is 0.706. The fourth-order valence-corrected chi connectivity index (χ4v) is 8.40. The number of hydrogen-bond acceptors (Lipinski definition) is 9. The molecule has 1 atom stereocenters. The van der Waals surface area contributed by atoms with Gasteiger partial charge in [-0.2, -0.15) is 0 Å². The van der Waals surface area contributed by atoms with Crippen LogP contribution in [-0.4, -0.2) is 81.5 Å². The van der Waals surface area contributed by atoms with Crippen molar-refractivity contribution in [3.8, 4) is 11.5 Å². The first-order valence-corrected chi connectivity index (χ1v) is 17.8. The van der Waals surface area contributed by atoms with E-state index in [-0.39, 0.29) is 23.6 Å². The number of carbonyl (C=O) groups is 1. The number of carbonyl (C=O) groups excluding carboxylic acids is 1. The number of rotatable bonds is 10. The van der Waals surface area contributed by atoms with Crippen LogP contribution in [0, 0.1) is 17.2 Å². The molecule has 1 spiro atoms. The van der Waals surface area contributed by atoms with Gasteiger partial charge in [-0.1, -0.05) is 0 Å². The minimum absolute atomic E-state index is 0.0437. The number of thiazole rings is 1. The van der Waals surface area contributed by atoms with E-state index in [1.54, 1.807) is 22.4 Å². The third-order valence-electron chi connectivity index (χ3n) is 10.2. The molecule has 11 heteroatoms. The zero-order chi connectivity index (χ0) is 32.3. The lowest BCUT2D eigenvalue weighted by atomic mass is 9.67. The lowest BCUT2D eigenvalue weighted by molar-refractivity contribution is 0.0584. The lowest BCUT2D eigenvalue weighted by Gasteiger charge is -2.46. The molecule has 0 bridgehead atoms. The number of aromatic nitrogens is 3. The molecule has 4 heterocycles.